The molecule has 0 radical (unpaired) electrons. The molecular formula is C7H14F2N2. The Morgan fingerprint density at radius 2 is 2.36 bits per heavy atom. The van der Waals surface area contributed by atoms with Crippen LogP contribution in [0.4, 0.5) is 8.78 Å². The highest BCUT2D eigenvalue weighted by molar-refractivity contribution is 4.76. The Morgan fingerprint density at radius 3 is 2.91 bits per heavy atom. The van der Waals surface area contributed by atoms with E-state index in [0.717, 1.165) is 19.6 Å². The van der Waals surface area contributed by atoms with Crippen LogP contribution in [0.2, 0.25) is 0 Å². The number of alkyl halides is 2. The van der Waals surface area contributed by atoms with Crippen molar-refractivity contribution in [2.75, 3.05) is 26.2 Å². The Hall–Kier alpha value is -0.220. The zero-order valence-corrected chi connectivity index (χ0v) is 6.69. The van der Waals surface area contributed by atoms with Crippen LogP contribution < -0.4 is 5.32 Å². The molecule has 1 aliphatic heterocycles. The lowest BCUT2D eigenvalue weighted by Gasteiger charge is -2.33. The molecule has 0 amide bonds. The van der Waals surface area contributed by atoms with E-state index in [1.807, 2.05) is 11.8 Å². The van der Waals surface area contributed by atoms with Crippen LogP contribution in [0, 0.1) is 0 Å². The van der Waals surface area contributed by atoms with Gasteiger partial charge in [-0.25, -0.2) is 8.78 Å². The first-order valence-corrected chi connectivity index (χ1v) is 3.93. The number of rotatable bonds is 2. The molecule has 1 atom stereocenters. The minimum atomic E-state index is -2.20. The molecule has 66 valence electrons. The summed E-state index contributed by atoms with van der Waals surface area (Å²) in [4.78, 5) is 1.82. The fourth-order valence-corrected chi connectivity index (χ4v) is 1.33. The first kappa shape index (κ1) is 8.87. The van der Waals surface area contributed by atoms with Crippen molar-refractivity contribution in [3.8, 4) is 0 Å². The maximum atomic E-state index is 11.9. The van der Waals surface area contributed by atoms with Crippen LogP contribution in [0.5, 0.6) is 0 Å². The molecule has 1 aliphatic rings. The predicted molar refractivity (Wildman–Crippen MR) is 39.9 cm³/mol. The van der Waals surface area contributed by atoms with Crippen LogP contribution in [0.1, 0.15) is 6.92 Å². The molecule has 0 aromatic rings. The molecule has 0 aromatic carbocycles. The second-order valence-corrected chi connectivity index (χ2v) is 2.94. The van der Waals surface area contributed by atoms with Gasteiger partial charge in [0.2, 0.25) is 0 Å². The molecule has 2 nitrogen and oxygen atoms in total. The van der Waals surface area contributed by atoms with Crippen molar-refractivity contribution in [3.63, 3.8) is 0 Å². The van der Waals surface area contributed by atoms with E-state index >= 15 is 0 Å². The highest BCUT2D eigenvalue weighted by Gasteiger charge is 2.20. The summed E-state index contributed by atoms with van der Waals surface area (Å²) in [5.41, 5.74) is 0. The fourth-order valence-electron chi connectivity index (χ4n) is 1.33. The van der Waals surface area contributed by atoms with Crippen LogP contribution >= 0.6 is 0 Å². The lowest BCUT2D eigenvalue weighted by molar-refractivity contribution is 0.0598. The average molecular weight is 164 g/mol. The maximum Gasteiger partial charge on any atom is 0.251 e. The van der Waals surface area contributed by atoms with E-state index in [1.165, 1.54) is 0 Å². The van der Waals surface area contributed by atoms with Crippen LogP contribution in [-0.4, -0.2) is 43.5 Å². The third kappa shape index (κ3) is 2.71. The van der Waals surface area contributed by atoms with Gasteiger partial charge in [0.05, 0.1) is 6.54 Å². The molecule has 1 saturated heterocycles. The van der Waals surface area contributed by atoms with Gasteiger partial charge in [-0.1, -0.05) is 0 Å². The van der Waals surface area contributed by atoms with Crippen molar-refractivity contribution in [3.05, 3.63) is 0 Å². The third-order valence-corrected chi connectivity index (χ3v) is 2.01. The van der Waals surface area contributed by atoms with E-state index in [4.69, 9.17) is 0 Å². The molecular weight excluding hydrogens is 150 g/mol. The van der Waals surface area contributed by atoms with Crippen LogP contribution in [0.15, 0.2) is 0 Å². The minimum absolute atomic E-state index is 0.0805. The number of hydrogen-bond acceptors (Lipinski definition) is 2. The number of piperazine rings is 1. The van der Waals surface area contributed by atoms with Crippen molar-refractivity contribution < 1.29 is 8.78 Å². The van der Waals surface area contributed by atoms with Gasteiger partial charge in [0.1, 0.15) is 0 Å². The summed E-state index contributed by atoms with van der Waals surface area (Å²) in [6.45, 7) is 4.28. The largest absolute Gasteiger partial charge is 0.314 e. The quantitative estimate of drug-likeness (QED) is 0.641. The molecule has 1 heterocycles. The Bertz CT molecular complexity index is 119. The van der Waals surface area contributed by atoms with Gasteiger partial charge in [-0.3, -0.25) is 4.90 Å². The summed E-state index contributed by atoms with van der Waals surface area (Å²) in [6, 6.07) is 0.248. The molecule has 1 rings (SSSR count). The molecule has 0 aromatic heterocycles. The number of hydrogen-bond donors (Lipinski definition) is 1. The van der Waals surface area contributed by atoms with E-state index in [0.29, 0.717) is 0 Å². The van der Waals surface area contributed by atoms with Crippen molar-refractivity contribution in [2.45, 2.75) is 19.4 Å². The topological polar surface area (TPSA) is 15.3 Å². The molecule has 1 fully saturated rings. The van der Waals surface area contributed by atoms with Gasteiger partial charge < -0.3 is 5.32 Å². The van der Waals surface area contributed by atoms with Crippen molar-refractivity contribution in [2.24, 2.45) is 0 Å². The Labute approximate surface area is 65.6 Å². The van der Waals surface area contributed by atoms with Crippen LogP contribution in [0.3, 0.4) is 0 Å². The van der Waals surface area contributed by atoms with Gasteiger partial charge in [0.15, 0.2) is 0 Å². The summed E-state index contributed by atoms with van der Waals surface area (Å²) < 4.78 is 23.9. The maximum absolute atomic E-state index is 11.9. The molecule has 0 unspecified atom stereocenters. The number of nitrogens with zero attached hydrogens (tertiary/aromatic N) is 1. The second kappa shape index (κ2) is 3.97. The van der Waals surface area contributed by atoms with Crippen LogP contribution in [-0.2, 0) is 0 Å². The Morgan fingerprint density at radius 1 is 1.64 bits per heavy atom. The summed E-state index contributed by atoms with van der Waals surface area (Å²) >= 11 is 0. The molecule has 0 spiro atoms. The molecule has 0 aliphatic carbocycles. The summed E-state index contributed by atoms with van der Waals surface area (Å²) in [5.74, 6) is 0. The molecule has 11 heavy (non-hydrogen) atoms. The average Bonchev–Trinajstić information content (AvgIpc) is 1.93. The third-order valence-electron chi connectivity index (χ3n) is 2.01. The second-order valence-electron chi connectivity index (χ2n) is 2.94. The van der Waals surface area contributed by atoms with E-state index in [2.05, 4.69) is 5.32 Å². The van der Waals surface area contributed by atoms with E-state index in [1.54, 1.807) is 0 Å². The van der Waals surface area contributed by atoms with Crippen LogP contribution in [0.25, 0.3) is 0 Å². The smallest absolute Gasteiger partial charge is 0.251 e. The Kier molecular flexibility index (Phi) is 3.20. The zero-order valence-electron chi connectivity index (χ0n) is 6.69. The first-order chi connectivity index (χ1) is 5.20. The fraction of sp³-hybridized carbons (Fsp3) is 1.00. The van der Waals surface area contributed by atoms with Gasteiger partial charge in [-0.2, -0.15) is 0 Å². The number of nitrogens with one attached hydrogen (secondary N) is 1. The predicted octanol–water partition coefficient (Wildman–Crippen LogP) is 0.545. The highest BCUT2D eigenvalue weighted by atomic mass is 19.3. The first-order valence-electron chi connectivity index (χ1n) is 3.93. The zero-order chi connectivity index (χ0) is 8.27. The highest BCUT2D eigenvalue weighted by Crippen LogP contribution is 2.05. The SMILES string of the molecule is C[C@@H]1CNCCN1CC(F)F. The Balaban J connectivity index is 2.29. The summed E-state index contributed by atoms with van der Waals surface area (Å²) in [5, 5.41) is 3.15. The van der Waals surface area contributed by atoms with Gasteiger partial charge in [0.25, 0.3) is 6.43 Å². The van der Waals surface area contributed by atoms with Gasteiger partial charge in [-0.05, 0) is 6.92 Å². The van der Waals surface area contributed by atoms with E-state index in [-0.39, 0.29) is 12.6 Å². The monoisotopic (exact) mass is 164 g/mol. The number of halogens is 2. The summed E-state index contributed by atoms with van der Waals surface area (Å²) in [6.07, 6.45) is -2.20. The minimum Gasteiger partial charge on any atom is -0.314 e. The van der Waals surface area contributed by atoms with E-state index < -0.39 is 6.43 Å². The van der Waals surface area contributed by atoms with Gasteiger partial charge >= 0.3 is 0 Å². The van der Waals surface area contributed by atoms with Crippen molar-refractivity contribution >= 4 is 0 Å². The van der Waals surface area contributed by atoms with Gasteiger partial charge in [-0.15, -0.1) is 0 Å². The van der Waals surface area contributed by atoms with E-state index in [9.17, 15) is 8.78 Å². The van der Waals surface area contributed by atoms with Gasteiger partial charge in [0, 0.05) is 25.7 Å². The molecule has 0 bridgehead atoms. The van der Waals surface area contributed by atoms with Crippen molar-refractivity contribution in [1.82, 2.24) is 10.2 Å². The normalized spacial score (nSPS) is 27.8. The molecule has 1 N–H and O–H groups in total. The molecule has 0 saturated carbocycles. The van der Waals surface area contributed by atoms with Crippen molar-refractivity contribution in [1.29, 1.82) is 0 Å². The lowest BCUT2D eigenvalue weighted by atomic mass is 10.2. The lowest BCUT2D eigenvalue weighted by Crippen LogP contribution is -2.51. The molecule has 4 heteroatoms. The standard InChI is InChI=1S/C7H14F2N2/c1-6-4-10-2-3-11(6)5-7(8)9/h6-7,10H,2-5H2,1H3/t6-/m1/s1. The summed E-state index contributed by atoms with van der Waals surface area (Å²) in [7, 11) is 0.